The molecule has 1 aromatic carbocycles. The van der Waals surface area contributed by atoms with Gasteiger partial charge >= 0.3 is 5.97 Å². The summed E-state index contributed by atoms with van der Waals surface area (Å²) in [4.78, 5) is 97.9. The molecule has 3 rings (SSSR count). The zero-order chi connectivity index (χ0) is 46.5. The van der Waals surface area contributed by atoms with Crippen LogP contribution < -0.4 is 27.1 Å². The highest BCUT2D eigenvalue weighted by molar-refractivity contribution is 5.98. The molecule has 350 valence electrons. The number of carbonyl (C=O) groups excluding carboxylic acids is 7. The highest BCUT2D eigenvalue weighted by Gasteiger charge is 2.50. The number of nitrogens with zero attached hydrogens (tertiary/aromatic N) is 4. The van der Waals surface area contributed by atoms with Crippen LogP contribution in [0.15, 0.2) is 52.4 Å². The van der Waals surface area contributed by atoms with Gasteiger partial charge in [-0.15, -0.1) is 5.11 Å². The third kappa shape index (κ3) is 18.9. The van der Waals surface area contributed by atoms with Gasteiger partial charge in [0.1, 0.15) is 17.7 Å². The number of ether oxygens (including phenoxy) is 3. The largest absolute Gasteiger partial charge is 0.444 e. The zero-order valence-corrected chi connectivity index (χ0v) is 38.0. The normalized spacial score (nSPS) is 18.5. The van der Waals surface area contributed by atoms with Gasteiger partial charge in [0.15, 0.2) is 12.5 Å². The van der Waals surface area contributed by atoms with Gasteiger partial charge in [0.05, 0.1) is 57.6 Å². The summed E-state index contributed by atoms with van der Waals surface area (Å²) in [6.07, 6.45) is 2.53. The van der Waals surface area contributed by atoms with E-state index in [0.717, 1.165) is 16.9 Å². The molecule has 63 heavy (non-hydrogen) atoms. The Morgan fingerprint density at radius 2 is 1.52 bits per heavy atom. The van der Waals surface area contributed by atoms with E-state index in [2.05, 4.69) is 31.6 Å². The number of nitrogens with one attached hydrogen (secondary N) is 4. The van der Waals surface area contributed by atoms with E-state index in [4.69, 9.17) is 20.1 Å². The van der Waals surface area contributed by atoms with Crippen molar-refractivity contribution in [2.24, 2.45) is 33.9 Å². The molecule has 2 fully saturated rings. The maximum Gasteiger partial charge on any atom is 0.308 e. The topological polar surface area (TPSA) is 256 Å². The number of rotatable bonds is 27. The van der Waals surface area contributed by atoms with Crippen LogP contribution in [0, 0.1) is 17.8 Å². The van der Waals surface area contributed by atoms with Crippen LogP contribution in [0.2, 0.25) is 0 Å². The molecule has 1 aromatic rings. The fraction of sp³-hybridized carbons (Fsp3) is 0.659. The lowest BCUT2D eigenvalue weighted by atomic mass is 9.93. The molecule has 2 aliphatic rings. The minimum Gasteiger partial charge on any atom is -0.444 e. The van der Waals surface area contributed by atoms with Gasteiger partial charge in [-0.1, -0.05) is 89.6 Å². The first kappa shape index (κ1) is 52.1. The summed E-state index contributed by atoms with van der Waals surface area (Å²) in [6, 6.07) is 5.66. The summed E-state index contributed by atoms with van der Waals surface area (Å²) in [5.41, 5.74) is 0.180. The number of epoxide rings is 1. The van der Waals surface area contributed by atoms with Crippen molar-refractivity contribution in [2.45, 2.75) is 111 Å². The van der Waals surface area contributed by atoms with E-state index in [1.165, 1.54) is 0 Å². The number of benzene rings is 1. The third-order valence-corrected chi connectivity index (χ3v) is 10.7. The predicted molar refractivity (Wildman–Crippen MR) is 233 cm³/mol. The minimum atomic E-state index is -1.28. The highest BCUT2D eigenvalue weighted by atomic mass is 16.6. The first-order valence-corrected chi connectivity index (χ1v) is 21.9. The van der Waals surface area contributed by atoms with E-state index in [9.17, 15) is 33.6 Å². The Kier molecular flexibility index (Phi) is 21.8. The summed E-state index contributed by atoms with van der Waals surface area (Å²) >= 11 is 0. The van der Waals surface area contributed by atoms with Crippen molar-refractivity contribution in [2.75, 3.05) is 59.3 Å². The van der Waals surface area contributed by atoms with E-state index in [1.54, 1.807) is 31.2 Å². The number of amides is 5. The van der Waals surface area contributed by atoms with Crippen LogP contribution in [0.5, 0.6) is 0 Å². The fourth-order valence-corrected chi connectivity index (χ4v) is 6.73. The molecule has 2 heterocycles. The van der Waals surface area contributed by atoms with Crippen LogP contribution >= 0.6 is 0 Å². The molecule has 0 aromatic heterocycles. The van der Waals surface area contributed by atoms with Crippen molar-refractivity contribution in [3.63, 3.8) is 0 Å². The first-order valence-electron chi connectivity index (χ1n) is 21.9. The van der Waals surface area contributed by atoms with Gasteiger partial charge in [0.25, 0.3) is 0 Å². The molecular formula is C44H69N9O10. The van der Waals surface area contributed by atoms with Gasteiger partial charge < -0.3 is 41.3 Å². The van der Waals surface area contributed by atoms with E-state index in [1.807, 2.05) is 58.6 Å². The average molecular weight is 884 g/mol. The summed E-state index contributed by atoms with van der Waals surface area (Å²) in [5.74, 6) is 1.21. The van der Waals surface area contributed by atoms with Crippen molar-refractivity contribution in [1.82, 2.24) is 31.1 Å². The van der Waals surface area contributed by atoms with Crippen LogP contribution in [0.4, 0.5) is 0 Å². The van der Waals surface area contributed by atoms with E-state index in [0.29, 0.717) is 38.4 Å². The molecule has 0 radical (unpaired) electrons. The molecule has 0 spiro atoms. The Morgan fingerprint density at radius 3 is 2.13 bits per heavy atom. The number of esters is 1. The van der Waals surface area contributed by atoms with Crippen molar-refractivity contribution < 1.29 is 47.8 Å². The molecule has 5 amide bonds. The lowest BCUT2D eigenvalue weighted by Crippen LogP contribution is -2.59. The fourth-order valence-electron chi connectivity index (χ4n) is 6.73. The highest BCUT2D eigenvalue weighted by Crippen LogP contribution is 2.30. The summed E-state index contributed by atoms with van der Waals surface area (Å²) in [6.45, 7) is 14.3. The zero-order valence-electron chi connectivity index (χ0n) is 38.0. The molecular weight excluding hydrogens is 815 g/mol. The first-order chi connectivity index (χ1) is 29.9. The van der Waals surface area contributed by atoms with Crippen LogP contribution in [0.1, 0.15) is 86.1 Å². The van der Waals surface area contributed by atoms with Gasteiger partial charge in [0, 0.05) is 25.9 Å². The number of allylic oxidation sites excluding steroid dienone is 1. The molecule has 19 heteroatoms. The number of Topliss-reactive ketones (excluding diaryl/α,β-unsaturated/α-hetero) is 1. The summed E-state index contributed by atoms with van der Waals surface area (Å²) < 4.78 is 16.3. The van der Waals surface area contributed by atoms with Crippen molar-refractivity contribution in [1.29, 1.82) is 0 Å². The van der Waals surface area contributed by atoms with Crippen molar-refractivity contribution in [3.05, 3.63) is 47.7 Å². The lowest BCUT2D eigenvalue weighted by molar-refractivity contribution is -0.159. The van der Waals surface area contributed by atoms with E-state index >= 15 is 0 Å². The Bertz CT molecular complexity index is 1750. The average Bonchev–Trinajstić information content (AvgIpc) is 4.01. The molecule has 5 atom stereocenters. The minimum absolute atomic E-state index is 0.0233. The van der Waals surface area contributed by atoms with Gasteiger partial charge in [-0.25, -0.2) is 0 Å². The molecule has 0 saturated carbocycles. The van der Waals surface area contributed by atoms with Crippen molar-refractivity contribution >= 4 is 41.3 Å². The van der Waals surface area contributed by atoms with Crippen LogP contribution in [-0.4, -0.2) is 134 Å². The second-order valence-electron chi connectivity index (χ2n) is 17.2. The summed E-state index contributed by atoms with van der Waals surface area (Å²) in [7, 11) is 0. The van der Waals surface area contributed by atoms with Crippen LogP contribution in [0.25, 0.3) is 0 Å². The lowest BCUT2D eigenvalue weighted by Gasteiger charge is -2.33. The predicted octanol–water partition coefficient (Wildman–Crippen LogP) is 1.95. The van der Waals surface area contributed by atoms with Gasteiger partial charge in [-0.3, -0.25) is 43.4 Å². The molecule has 1 unspecified atom stereocenters. The number of hydrogen-bond donors (Lipinski definition) is 5. The van der Waals surface area contributed by atoms with Crippen LogP contribution in [-0.2, 0) is 54.2 Å². The Morgan fingerprint density at radius 1 is 0.889 bits per heavy atom. The number of hydrogen-bond acceptors (Lipinski definition) is 13. The molecule has 0 bridgehead atoms. The van der Waals surface area contributed by atoms with Gasteiger partial charge in [0.2, 0.25) is 29.5 Å². The number of carbonyl (C=O) groups is 7. The van der Waals surface area contributed by atoms with E-state index < -0.39 is 72.5 Å². The van der Waals surface area contributed by atoms with Gasteiger partial charge in [-0.2, -0.15) is 0 Å². The third-order valence-electron chi connectivity index (χ3n) is 10.7. The SMILES string of the molecule is CCC(C)/C=C(/CNC(=O)CCC(=O)OCN(C(=O)CNC(=O)CN1CCOCC1)[C@@H](CC(C)C)C(=O)N[C@@H](Cc1ccccc1)C(=O)N[C@@H](CC(C)C)C(=O)[C@@]1(C)CO1)N=NN. The standard InChI is InChI=1S/C44H69N9O10/c1-8-31(6)22-33(50-51-45)24-46-37(54)14-15-40(57)62-28-53(39(56)25-47-38(55)26-52-16-18-61-19-17-52)36(21-30(4)5)43(60)49-35(23-32-12-10-9-11-13-32)42(59)48-34(20-29(2)3)41(58)44(7)27-63-44/h9-13,22,29-31,34-36H,8,14-21,23-28H2,1-7H3,(H2,45,50)(H,46,54)(H,47,55)(H,48,59)(H,49,60)/b33-22-/t31?,34-,35-,36-,44+/m0/s1. The molecule has 0 aliphatic carbocycles. The molecule has 19 nitrogen and oxygen atoms in total. The van der Waals surface area contributed by atoms with Crippen molar-refractivity contribution in [3.8, 4) is 0 Å². The maximum atomic E-state index is 14.5. The van der Waals surface area contributed by atoms with Crippen LogP contribution in [0.3, 0.4) is 0 Å². The number of nitrogens with two attached hydrogens (primary N) is 1. The molecule has 2 aliphatic heterocycles. The maximum absolute atomic E-state index is 14.5. The molecule has 2 saturated heterocycles. The second-order valence-corrected chi connectivity index (χ2v) is 17.2. The van der Waals surface area contributed by atoms with E-state index in [-0.39, 0.29) is 68.9 Å². The smallest absolute Gasteiger partial charge is 0.308 e. The Labute approximate surface area is 371 Å². The Balaban J connectivity index is 1.84. The molecule has 6 N–H and O–H groups in total. The quantitative estimate of drug-likeness (QED) is 0.0212. The second kappa shape index (κ2) is 26.4. The summed E-state index contributed by atoms with van der Waals surface area (Å²) in [5, 5.41) is 18.2. The number of morpholine rings is 1. The van der Waals surface area contributed by atoms with Gasteiger partial charge in [-0.05, 0) is 43.1 Å². The Hall–Kier alpha value is -5.27. The number of ketones is 1. The monoisotopic (exact) mass is 884 g/mol.